The number of nitrogens with one attached hydrogen (secondary N) is 1. The molecule has 4 nitrogen and oxygen atoms in total. The molecule has 0 spiro atoms. The van der Waals surface area contributed by atoms with E-state index >= 15 is 0 Å². The van der Waals surface area contributed by atoms with Crippen LogP contribution in [0.5, 0.6) is 5.75 Å². The number of hydrogen-bond acceptors (Lipinski definition) is 3. The molecule has 0 aliphatic carbocycles. The predicted molar refractivity (Wildman–Crippen MR) is 86.0 cm³/mol. The van der Waals surface area contributed by atoms with Crippen molar-refractivity contribution in [2.75, 3.05) is 6.54 Å². The predicted octanol–water partition coefficient (Wildman–Crippen LogP) is 3.03. The molecular weight excluding hydrogens is 293 g/mol. The molecule has 2 heterocycles. The fraction of sp³-hybridized carbons (Fsp3) is 0.167. The van der Waals surface area contributed by atoms with Gasteiger partial charge in [-0.25, -0.2) is 9.07 Å². The number of phenols is 1. The summed E-state index contributed by atoms with van der Waals surface area (Å²) >= 11 is 0. The third-order valence-corrected chi connectivity index (χ3v) is 4.12. The quantitative estimate of drug-likeness (QED) is 0.765. The Morgan fingerprint density at radius 1 is 1.13 bits per heavy atom. The second kappa shape index (κ2) is 5.52. The van der Waals surface area contributed by atoms with Crippen molar-refractivity contribution < 1.29 is 9.50 Å². The van der Waals surface area contributed by atoms with Crippen molar-refractivity contribution in [1.29, 1.82) is 0 Å². The van der Waals surface area contributed by atoms with Gasteiger partial charge in [-0.1, -0.05) is 6.07 Å². The molecule has 1 aliphatic heterocycles. The number of halogens is 1. The van der Waals surface area contributed by atoms with Gasteiger partial charge in [0.05, 0.1) is 17.1 Å². The lowest BCUT2D eigenvalue weighted by Gasteiger charge is -2.15. The van der Waals surface area contributed by atoms with Gasteiger partial charge >= 0.3 is 0 Å². The van der Waals surface area contributed by atoms with Crippen molar-refractivity contribution in [3.05, 3.63) is 65.6 Å². The lowest BCUT2D eigenvalue weighted by Crippen LogP contribution is -2.24. The lowest BCUT2D eigenvalue weighted by atomic mass is 10.0. The smallest absolute Gasteiger partial charge is 0.125 e. The second-order valence-electron chi connectivity index (χ2n) is 5.64. The average molecular weight is 309 g/mol. The van der Waals surface area contributed by atoms with Gasteiger partial charge in [-0.2, -0.15) is 5.10 Å². The highest BCUT2D eigenvalue weighted by molar-refractivity contribution is 5.66. The summed E-state index contributed by atoms with van der Waals surface area (Å²) in [6.07, 6.45) is 0.844. The van der Waals surface area contributed by atoms with E-state index < -0.39 is 0 Å². The topological polar surface area (TPSA) is 50.1 Å². The fourth-order valence-electron chi connectivity index (χ4n) is 3.02. The van der Waals surface area contributed by atoms with Gasteiger partial charge in [0.15, 0.2) is 0 Å². The van der Waals surface area contributed by atoms with Crippen LogP contribution in [0.25, 0.3) is 16.9 Å². The third kappa shape index (κ3) is 2.49. The summed E-state index contributed by atoms with van der Waals surface area (Å²) in [5, 5.41) is 17.6. The summed E-state index contributed by atoms with van der Waals surface area (Å²) < 4.78 is 15.4. The number of benzene rings is 2. The second-order valence-corrected chi connectivity index (χ2v) is 5.64. The van der Waals surface area contributed by atoms with Crippen LogP contribution in [0.2, 0.25) is 0 Å². The third-order valence-electron chi connectivity index (χ3n) is 4.12. The maximum absolute atomic E-state index is 13.6. The molecule has 0 fully saturated rings. The van der Waals surface area contributed by atoms with Crippen molar-refractivity contribution in [2.24, 2.45) is 0 Å². The van der Waals surface area contributed by atoms with E-state index in [-0.39, 0.29) is 11.6 Å². The van der Waals surface area contributed by atoms with E-state index in [4.69, 9.17) is 5.10 Å². The summed E-state index contributed by atoms with van der Waals surface area (Å²) in [5.74, 6) is -0.0443. The van der Waals surface area contributed by atoms with E-state index in [2.05, 4.69) is 5.32 Å². The van der Waals surface area contributed by atoms with Gasteiger partial charge in [0.25, 0.3) is 0 Å². The van der Waals surface area contributed by atoms with Crippen molar-refractivity contribution in [3.63, 3.8) is 0 Å². The first-order valence-electron chi connectivity index (χ1n) is 7.59. The molecule has 5 heteroatoms. The molecule has 116 valence electrons. The molecule has 0 unspecified atom stereocenters. The zero-order valence-electron chi connectivity index (χ0n) is 12.5. The van der Waals surface area contributed by atoms with Gasteiger partial charge in [0.1, 0.15) is 11.6 Å². The minimum Gasteiger partial charge on any atom is -0.508 e. The van der Waals surface area contributed by atoms with E-state index in [0.717, 1.165) is 47.7 Å². The van der Waals surface area contributed by atoms with Crippen LogP contribution in [0.3, 0.4) is 0 Å². The van der Waals surface area contributed by atoms with E-state index in [1.165, 1.54) is 12.1 Å². The van der Waals surface area contributed by atoms with Gasteiger partial charge in [-0.05, 0) is 42.5 Å². The first-order valence-corrected chi connectivity index (χ1v) is 7.59. The largest absolute Gasteiger partial charge is 0.508 e. The molecule has 1 aromatic heterocycles. The fourth-order valence-corrected chi connectivity index (χ4v) is 3.02. The molecule has 4 rings (SSSR count). The maximum atomic E-state index is 13.6. The maximum Gasteiger partial charge on any atom is 0.125 e. The number of aromatic nitrogens is 2. The van der Waals surface area contributed by atoms with Crippen LogP contribution in [0, 0.1) is 5.82 Å². The number of phenolic OH excluding ortho intramolecular Hbond substituents is 1. The van der Waals surface area contributed by atoms with E-state index in [1.54, 1.807) is 18.2 Å². The Balaban J connectivity index is 1.89. The molecule has 2 N–H and O–H groups in total. The molecule has 3 aromatic rings. The van der Waals surface area contributed by atoms with Crippen LogP contribution in [-0.2, 0) is 13.0 Å². The van der Waals surface area contributed by atoms with Crippen LogP contribution in [-0.4, -0.2) is 21.4 Å². The molecule has 0 radical (unpaired) electrons. The van der Waals surface area contributed by atoms with Crippen LogP contribution in [0.15, 0.2) is 48.5 Å². The first-order chi connectivity index (χ1) is 11.2. The molecule has 2 aromatic carbocycles. The zero-order chi connectivity index (χ0) is 15.8. The minimum absolute atomic E-state index is 0.227. The Kier molecular flexibility index (Phi) is 3.35. The summed E-state index contributed by atoms with van der Waals surface area (Å²) in [6.45, 7) is 1.61. The lowest BCUT2D eigenvalue weighted by molar-refractivity contribution is 0.475. The summed E-state index contributed by atoms with van der Waals surface area (Å²) in [7, 11) is 0. The molecule has 1 aliphatic rings. The summed E-state index contributed by atoms with van der Waals surface area (Å²) in [6, 6.07) is 13.5. The Morgan fingerprint density at radius 2 is 1.96 bits per heavy atom. The number of hydrogen-bond donors (Lipinski definition) is 2. The van der Waals surface area contributed by atoms with Gasteiger partial charge in [-0.15, -0.1) is 0 Å². The summed E-state index contributed by atoms with van der Waals surface area (Å²) in [4.78, 5) is 0. The Morgan fingerprint density at radius 3 is 2.74 bits per heavy atom. The van der Waals surface area contributed by atoms with Crippen molar-refractivity contribution >= 4 is 0 Å². The van der Waals surface area contributed by atoms with Gasteiger partial charge in [0, 0.05) is 30.6 Å². The Labute approximate surface area is 133 Å². The molecule has 0 atom stereocenters. The van der Waals surface area contributed by atoms with Crippen molar-refractivity contribution in [2.45, 2.75) is 13.0 Å². The van der Waals surface area contributed by atoms with E-state index in [1.807, 2.05) is 22.9 Å². The number of rotatable bonds is 2. The Bertz CT molecular complexity index is 855. The normalized spacial score (nSPS) is 13.8. The van der Waals surface area contributed by atoms with Crippen LogP contribution >= 0.6 is 0 Å². The molecule has 0 bridgehead atoms. The van der Waals surface area contributed by atoms with Crippen LogP contribution in [0.4, 0.5) is 4.39 Å². The molecule has 0 saturated heterocycles. The molecular formula is C18H16FN3O. The minimum atomic E-state index is -0.271. The number of aromatic hydroxyl groups is 1. The molecule has 0 amide bonds. The van der Waals surface area contributed by atoms with Gasteiger partial charge < -0.3 is 10.4 Å². The Hall–Kier alpha value is -2.66. The van der Waals surface area contributed by atoms with Crippen LogP contribution < -0.4 is 5.32 Å². The monoisotopic (exact) mass is 309 g/mol. The highest BCUT2D eigenvalue weighted by Crippen LogP contribution is 2.30. The van der Waals surface area contributed by atoms with Gasteiger partial charge in [0.2, 0.25) is 0 Å². The number of fused-ring (bicyclic) bond motifs is 1. The average Bonchev–Trinajstić information content (AvgIpc) is 2.95. The van der Waals surface area contributed by atoms with Gasteiger partial charge in [-0.3, -0.25) is 0 Å². The first kappa shape index (κ1) is 14.0. The zero-order valence-corrected chi connectivity index (χ0v) is 12.5. The van der Waals surface area contributed by atoms with Crippen LogP contribution in [0.1, 0.15) is 11.3 Å². The summed E-state index contributed by atoms with van der Waals surface area (Å²) in [5.41, 5.74) is 4.78. The standard InChI is InChI=1S/C18H16FN3O/c19-13-2-1-3-14(10-13)22-17-8-9-20-11-16(17)18(21-22)12-4-6-15(23)7-5-12/h1-7,10,20,23H,8-9,11H2. The SMILES string of the molecule is Oc1ccc(-c2nn(-c3cccc(F)c3)c3c2CNCC3)cc1. The van der Waals surface area contributed by atoms with E-state index in [0.29, 0.717) is 0 Å². The highest BCUT2D eigenvalue weighted by atomic mass is 19.1. The molecule has 23 heavy (non-hydrogen) atoms. The van der Waals surface area contributed by atoms with E-state index in [9.17, 15) is 9.50 Å². The van der Waals surface area contributed by atoms with Crippen molar-refractivity contribution in [3.8, 4) is 22.7 Å². The highest BCUT2D eigenvalue weighted by Gasteiger charge is 2.22. The molecule has 0 saturated carbocycles. The number of nitrogens with zero attached hydrogens (tertiary/aromatic N) is 2. The van der Waals surface area contributed by atoms with Crippen molar-refractivity contribution in [1.82, 2.24) is 15.1 Å².